The minimum atomic E-state index is -0.446. The van der Waals surface area contributed by atoms with Crippen molar-refractivity contribution in [1.29, 1.82) is 5.26 Å². The first kappa shape index (κ1) is 12.5. The summed E-state index contributed by atoms with van der Waals surface area (Å²) in [4.78, 5) is 19.7. The second kappa shape index (κ2) is 5.57. The molecule has 1 heterocycles. The highest BCUT2D eigenvalue weighted by Gasteiger charge is 2.10. The monoisotopic (exact) mass is 254 g/mol. The number of amides is 1. The molecular formula is C12H10N6O. The van der Waals surface area contributed by atoms with Crippen molar-refractivity contribution in [2.24, 2.45) is 5.84 Å². The SMILES string of the molecule is N#Cc1ccccc1NC(=O)c1cnc(NN)cn1. The molecule has 94 valence electrons. The Hall–Kier alpha value is -2.98. The molecular weight excluding hydrogens is 244 g/mol. The number of carbonyl (C=O) groups is 1. The van der Waals surface area contributed by atoms with Crippen LogP contribution in [0.4, 0.5) is 11.5 Å². The maximum atomic E-state index is 11.9. The summed E-state index contributed by atoms with van der Waals surface area (Å²) in [6, 6.07) is 8.69. The van der Waals surface area contributed by atoms with Crippen LogP contribution in [0.5, 0.6) is 0 Å². The van der Waals surface area contributed by atoms with Crippen LogP contribution in [0.3, 0.4) is 0 Å². The van der Waals surface area contributed by atoms with Crippen LogP contribution >= 0.6 is 0 Å². The summed E-state index contributed by atoms with van der Waals surface area (Å²) in [7, 11) is 0. The number of carbonyl (C=O) groups excluding carboxylic acids is 1. The number of nitriles is 1. The summed E-state index contributed by atoms with van der Waals surface area (Å²) in [6.45, 7) is 0. The number of aromatic nitrogens is 2. The summed E-state index contributed by atoms with van der Waals surface area (Å²) in [5, 5.41) is 11.5. The molecule has 0 aliphatic rings. The van der Waals surface area contributed by atoms with E-state index in [1.54, 1.807) is 24.3 Å². The molecule has 0 radical (unpaired) electrons. The maximum Gasteiger partial charge on any atom is 0.275 e. The standard InChI is InChI=1S/C12H10N6O/c13-5-8-3-1-2-4-9(8)17-12(19)10-6-16-11(18-14)7-15-10/h1-4,6-7H,14H2,(H,16,18)(H,17,19). The van der Waals surface area contributed by atoms with Crippen molar-refractivity contribution < 1.29 is 4.79 Å². The smallest absolute Gasteiger partial charge is 0.275 e. The van der Waals surface area contributed by atoms with E-state index in [0.717, 1.165) is 0 Å². The number of para-hydroxylation sites is 1. The lowest BCUT2D eigenvalue weighted by Gasteiger charge is -2.06. The zero-order valence-corrected chi connectivity index (χ0v) is 9.79. The van der Waals surface area contributed by atoms with Crippen LogP contribution in [-0.2, 0) is 0 Å². The van der Waals surface area contributed by atoms with Crippen molar-refractivity contribution in [3.8, 4) is 6.07 Å². The zero-order valence-electron chi connectivity index (χ0n) is 9.79. The van der Waals surface area contributed by atoms with Crippen molar-refractivity contribution in [1.82, 2.24) is 9.97 Å². The van der Waals surface area contributed by atoms with Gasteiger partial charge in [0.05, 0.1) is 23.6 Å². The number of hydrazine groups is 1. The molecule has 0 aliphatic carbocycles. The predicted octanol–water partition coefficient (Wildman–Crippen LogP) is 0.886. The quantitative estimate of drug-likeness (QED) is 0.553. The molecule has 2 rings (SSSR count). The predicted molar refractivity (Wildman–Crippen MR) is 69.0 cm³/mol. The van der Waals surface area contributed by atoms with Crippen molar-refractivity contribution in [3.63, 3.8) is 0 Å². The summed E-state index contributed by atoms with van der Waals surface area (Å²) in [6.07, 6.45) is 2.63. The molecule has 0 aliphatic heterocycles. The summed E-state index contributed by atoms with van der Waals surface area (Å²) >= 11 is 0. The highest BCUT2D eigenvalue weighted by molar-refractivity contribution is 6.03. The summed E-state index contributed by atoms with van der Waals surface area (Å²) in [5.74, 6) is 5.06. The topological polar surface area (TPSA) is 117 Å². The van der Waals surface area contributed by atoms with Crippen LogP contribution in [0, 0.1) is 11.3 Å². The van der Waals surface area contributed by atoms with Gasteiger partial charge in [0.15, 0.2) is 5.82 Å². The third-order valence-electron chi connectivity index (χ3n) is 2.33. The van der Waals surface area contributed by atoms with Gasteiger partial charge in [0.2, 0.25) is 0 Å². The number of nitrogen functional groups attached to an aromatic ring is 1. The molecule has 0 saturated heterocycles. The number of rotatable bonds is 3. The molecule has 0 bridgehead atoms. The van der Waals surface area contributed by atoms with E-state index in [-0.39, 0.29) is 5.69 Å². The molecule has 1 aromatic heterocycles. The van der Waals surface area contributed by atoms with Gasteiger partial charge in [0, 0.05) is 0 Å². The van der Waals surface area contributed by atoms with Crippen molar-refractivity contribution in [2.75, 3.05) is 10.7 Å². The number of benzene rings is 1. The fraction of sp³-hybridized carbons (Fsp3) is 0. The Bertz CT molecular complexity index is 631. The molecule has 19 heavy (non-hydrogen) atoms. The van der Waals surface area contributed by atoms with Gasteiger partial charge in [-0.15, -0.1) is 0 Å². The van der Waals surface area contributed by atoms with Gasteiger partial charge in [-0.2, -0.15) is 5.26 Å². The van der Waals surface area contributed by atoms with E-state index in [1.807, 2.05) is 6.07 Å². The first-order chi connectivity index (χ1) is 9.24. The van der Waals surface area contributed by atoms with Crippen LogP contribution < -0.4 is 16.6 Å². The Labute approximate surface area is 109 Å². The van der Waals surface area contributed by atoms with Crippen molar-refractivity contribution in [2.45, 2.75) is 0 Å². The van der Waals surface area contributed by atoms with Gasteiger partial charge in [-0.05, 0) is 12.1 Å². The average Bonchev–Trinajstić information content (AvgIpc) is 2.48. The highest BCUT2D eigenvalue weighted by atomic mass is 16.1. The number of nitrogens with zero attached hydrogens (tertiary/aromatic N) is 3. The van der Waals surface area contributed by atoms with E-state index in [0.29, 0.717) is 17.1 Å². The number of anilines is 2. The van der Waals surface area contributed by atoms with Gasteiger partial charge in [-0.3, -0.25) is 4.79 Å². The zero-order chi connectivity index (χ0) is 13.7. The molecule has 7 heteroatoms. The molecule has 4 N–H and O–H groups in total. The number of nitrogens with one attached hydrogen (secondary N) is 2. The van der Waals surface area contributed by atoms with Crippen LogP contribution in [0.15, 0.2) is 36.7 Å². The lowest BCUT2D eigenvalue weighted by atomic mass is 10.2. The number of nitrogens with two attached hydrogens (primary N) is 1. The Kier molecular flexibility index (Phi) is 3.66. The van der Waals surface area contributed by atoms with Gasteiger partial charge in [-0.25, -0.2) is 15.8 Å². The molecule has 0 spiro atoms. The maximum absolute atomic E-state index is 11.9. The van der Waals surface area contributed by atoms with Crippen LogP contribution in [0.25, 0.3) is 0 Å². The van der Waals surface area contributed by atoms with Crippen molar-refractivity contribution >= 4 is 17.4 Å². The van der Waals surface area contributed by atoms with Crippen LogP contribution in [0.1, 0.15) is 16.1 Å². The Morgan fingerprint density at radius 2 is 2.05 bits per heavy atom. The van der Waals surface area contributed by atoms with Crippen LogP contribution in [-0.4, -0.2) is 15.9 Å². The summed E-state index contributed by atoms with van der Waals surface area (Å²) < 4.78 is 0. The first-order valence-electron chi connectivity index (χ1n) is 5.33. The molecule has 1 amide bonds. The second-order valence-corrected chi connectivity index (χ2v) is 3.54. The van der Waals surface area contributed by atoms with Crippen LogP contribution in [0.2, 0.25) is 0 Å². The van der Waals surface area contributed by atoms with Gasteiger partial charge in [0.1, 0.15) is 11.8 Å². The van der Waals surface area contributed by atoms with E-state index in [1.165, 1.54) is 12.4 Å². The van der Waals surface area contributed by atoms with Gasteiger partial charge in [0.25, 0.3) is 5.91 Å². The molecule has 0 atom stereocenters. The van der Waals surface area contributed by atoms with E-state index in [2.05, 4.69) is 20.7 Å². The van der Waals surface area contributed by atoms with E-state index >= 15 is 0 Å². The van der Waals surface area contributed by atoms with Gasteiger partial charge < -0.3 is 10.7 Å². The molecule has 1 aromatic carbocycles. The summed E-state index contributed by atoms with van der Waals surface area (Å²) in [5.41, 5.74) is 3.25. The minimum Gasteiger partial charge on any atom is -0.319 e. The lowest BCUT2D eigenvalue weighted by molar-refractivity contribution is 0.102. The Morgan fingerprint density at radius 3 is 2.68 bits per heavy atom. The number of hydrogen-bond acceptors (Lipinski definition) is 6. The lowest BCUT2D eigenvalue weighted by Crippen LogP contribution is -2.16. The Morgan fingerprint density at radius 1 is 1.26 bits per heavy atom. The largest absolute Gasteiger partial charge is 0.319 e. The number of hydrogen-bond donors (Lipinski definition) is 3. The average molecular weight is 254 g/mol. The van der Waals surface area contributed by atoms with Crippen molar-refractivity contribution in [3.05, 3.63) is 47.9 Å². The van der Waals surface area contributed by atoms with E-state index in [9.17, 15) is 4.79 Å². The van der Waals surface area contributed by atoms with E-state index in [4.69, 9.17) is 11.1 Å². The second-order valence-electron chi connectivity index (χ2n) is 3.54. The third-order valence-corrected chi connectivity index (χ3v) is 2.33. The fourth-order valence-electron chi connectivity index (χ4n) is 1.40. The molecule has 7 nitrogen and oxygen atoms in total. The third kappa shape index (κ3) is 2.83. The highest BCUT2D eigenvalue weighted by Crippen LogP contribution is 2.14. The molecule has 0 saturated carbocycles. The van der Waals surface area contributed by atoms with E-state index < -0.39 is 5.91 Å². The minimum absolute atomic E-state index is 0.131. The normalized spacial score (nSPS) is 9.47. The Balaban J connectivity index is 2.18. The molecule has 2 aromatic rings. The molecule has 0 unspecified atom stereocenters. The van der Waals surface area contributed by atoms with Gasteiger partial charge >= 0.3 is 0 Å². The van der Waals surface area contributed by atoms with Gasteiger partial charge in [-0.1, -0.05) is 12.1 Å². The molecule has 0 fully saturated rings. The fourth-order valence-corrected chi connectivity index (χ4v) is 1.40. The first-order valence-corrected chi connectivity index (χ1v) is 5.33.